The average Bonchev–Trinajstić information content (AvgIpc) is 2.17. The van der Waals surface area contributed by atoms with E-state index >= 15 is 0 Å². The molecule has 2 aromatic rings. The van der Waals surface area contributed by atoms with Crippen molar-refractivity contribution >= 4 is 32.5 Å². The second kappa shape index (κ2) is 3.59. The van der Waals surface area contributed by atoms with Crippen LogP contribution < -0.4 is 11.3 Å². The van der Waals surface area contributed by atoms with Crippen LogP contribution in [0.25, 0.3) is 10.8 Å². The Balaban J connectivity index is 3.00. The molecular weight excluding hydrogens is 264 g/mol. The number of nitrogens with two attached hydrogens (primary N) is 1. The number of aromatic amines is 1. The first-order valence-electron chi connectivity index (χ1n) is 4.07. The number of aromatic nitrogens is 3. The van der Waals surface area contributed by atoms with E-state index in [1.165, 1.54) is 0 Å². The van der Waals surface area contributed by atoms with Gasteiger partial charge in [0.15, 0.2) is 0 Å². The highest BCUT2D eigenvalue weighted by Gasteiger charge is 2.10. The monoisotopic (exact) mass is 270 g/mol. The Labute approximate surface area is 92.3 Å². The molecule has 15 heavy (non-hydrogen) atoms. The van der Waals surface area contributed by atoms with Crippen molar-refractivity contribution in [1.29, 1.82) is 0 Å². The normalized spacial score (nSPS) is 10.8. The van der Waals surface area contributed by atoms with Gasteiger partial charge in [-0.15, -0.1) is 0 Å². The van der Waals surface area contributed by atoms with Gasteiger partial charge >= 0.3 is 0 Å². The van der Waals surface area contributed by atoms with Crippen LogP contribution in [0.1, 0.15) is 5.69 Å². The van der Waals surface area contributed by atoms with Gasteiger partial charge < -0.3 is 10.8 Å². The van der Waals surface area contributed by atoms with Crippen molar-refractivity contribution in [3.63, 3.8) is 0 Å². The molecule has 0 saturated carbocycles. The maximum Gasteiger partial charge on any atom is 0.275 e. The SMILES string of the molecule is Nc1nc(Br)cc2c(CO)n[nH]c(=O)c12. The summed E-state index contributed by atoms with van der Waals surface area (Å²) < 4.78 is 0.495. The van der Waals surface area contributed by atoms with Gasteiger partial charge in [0.2, 0.25) is 0 Å². The van der Waals surface area contributed by atoms with E-state index in [2.05, 4.69) is 31.1 Å². The van der Waals surface area contributed by atoms with Crippen LogP contribution in [-0.4, -0.2) is 20.3 Å². The highest BCUT2D eigenvalue weighted by Crippen LogP contribution is 2.21. The number of hydrogen-bond donors (Lipinski definition) is 3. The molecule has 0 amide bonds. The molecule has 78 valence electrons. The van der Waals surface area contributed by atoms with Gasteiger partial charge in [-0.2, -0.15) is 5.10 Å². The lowest BCUT2D eigenvalue weighted by Crippen LogP contribution is -2.13. The first-order chi connectivity index (χ1) is 7.13. The molecule has 2 rings (SSSR count). The molecule has 0 radical (unpaired) electrons. The lowest BCUT2D eigenvalue weighted by molar-refractivity contribution is 0.277. The summed E-state index contributed by atoms with van der Waals surface area (Å²) >= 11 is 3.16. The first-order valence-corrected chi connectivity index (χ1v) is 4.87. The summed E-state index contributed by atoms with van der Waals surface area (Å²) in [4.78, 5) is 15.3. The largest absolute Gasteiger partial charge is 0.390 e. The van der Waals surface area contributed by atoms with Crippen molar-refractivity contribution in [2.24, 2.45) is 0 Å². The number of fused-ring (bicyclic) bond motifs is 1. The fourth-order valence-electron chi connectivity index (χ4n) is 1.35. The van der Waals surface area contributed by atoms with E-state index in [4.69, 9.17) is 10.8 Å². The number of pyridine rings is 1. The summed E-state index contributed by atoms with van der Waals surface area (Å²) in [7, 11) is 0. The fraction of sp³-hybridized carbons (Fsp3) is 0.125. The Bertz CT molecular complexity index is 581. The maximum absolute atomic E-state index is 11.4. The average molecular weight is 271 g/mol. The minimum Gasteiger partial charge on any atom is -0.390 e. The third kappa shape index (κ3) is 1.59. The summed E-state index contributed by atoms with van der Waals surface area (Å²) in [5.74, 6) is 0.109. The number of nitrogen functional groups attached to an aromatic ring is 1. The van der Waals surface area contributed by atoms with Crippen molar-refractivity contribution in [3.05, 3.63) is 26.7 Å². The first kappa shape index (κ1) is 10.1. The number of aliphatic hydroxyl groups is 1. The minimum atomic E-state index is -0.417. The van der Waals surface area contributed by atoms with Crippen molar-refractivity contribution in [3.8, 4) is 0 Å². The van der Waals surface area contributed by atoms with Gasteiger partial charge in [-0.1, -0.05) is 0 Å². The lowest BCUT2D eigenvalue weighted by atomic mass is 10.2. The summed E-state index contributed by atoms with van der Waals surface area (Å²) in [6.07, 6.45) is 0. The van der Waals surface area contributed by atoms with Gasteiger partial charge in [-0.05, 0) is 22.0 Å². The van der Waals surface area contributed by atoms with Crippen LogP contribution in [0.5, 0.6) is 0 Å². The van der Waals surface area contributed by atoms with Crippen molar-refractivity contribution in [2.75, 3.05) is 5.73 Å². The quantitative estimate of drug-likeness (QED) is 0.640. The number of halogens is 1. The zero-order valence-electron chi connectivity index (χ0n) is 7.49. The molecule has 0 aromatic carbocycles. The van der Waals surface area contributed by atoms with Crippen LogP contribution in [0.2, 0.25) is 0 Å². The molecular formula is C8H7BrN4O2. The summed E-state index contributed by atoms with van der Waals surface area (Å²) in [5, 5.41) is 15.8. The van der Waals surface area contributed by atoms with Crippen molar-refractivity contribution in [2.45, 2.75) is 6.61 Å². The molecule has 0 atom stereocenters. The van der Waals surface area contributed by atoms with Crippen molar-refractivity contribution < 1.29 is 5.11 Å². The minimum absolute atomic E-state index is 0.109. The van der Waals surface area contributed by atoms with E-state index in [9.17, 15) is 4.79 Å². The molecule has 0 aliphatic carbocycles. The van der Waals surface area contributed by atoms with Crippen LogP contribution in [0.4, 0.5) is 5.82 Å². The van der Waals surface area contributed by atoms with Crippen LogP contribution in [-0.2, 0) is 6.61 Å². The summed E-state index contributed by atoms with van der Waals surface area (Å²) in [6, 6.07) is 1.60. The molecule has 0 spiro atoms. The number of nitrogens with one attached hydrogen (secondary N) is 1. The highest BCUT2D eigenvalue weighted by atomic mass is 79.9. The predicted octanol–water partition coefficient (Wildman–Crippen LogP) is 0.155. The number of nitrogens with zero attached hydrogens (tertiary/aromatic N) is 2. The topological polar surface area (TPSA) is 105 Å². The van der Waals surface area contributed by atoms with Gasteiger partial charge in [0.25, 0.3) is 5.56 Å². The Morgan fingerprint density at radius 3 is 3.00 bits per heavy atom. The van der Waals surface area contributed by atoms with Gasteiger partial charge in [-0.25, -0.2) is 10.1 Å². The molecule has 6 nitrogen and oxygen atoms in total. The van der Waals surface area contributed by atoms with E-state index in [1.54, 1.807) is 6.07 Å². The number of rotatable bonds is 1. The maximum atomic E-state index is 11.4. The second-order valence-corrected chi connectivity index (χ2v) is 3.72. The third-order valence-corrected chi connectivity index (χ3v) is 2.40. The van der Waals surface area contributed by atoms with Crippen LogP contribution in [0, 0.1) is 0 Å². The zero-order chi connectivity index (χ0) is 11.0. The molecule has 2 heterocycles. The van der Waals surface area contributed by atoms with Gasteiger partial charge in [0.05, 0.1) is 17.7 Å². The fourth-order valence-corrected chi connectivity index (χ4v) is 1.77. The zero-order valence-corrected chi connectivity index (χ0v) is 9.08. The Kier molecular flexibility index (Phi) is 2.41. The molecule has 2 aromatic heterocycles. The predicted molar refractivity (Wildman–Crippen MR) is 58.2 cm³/mol. The van der Waals surface area contributed by atoms with E-state index in [0.29, 0.717) is 15.7 Å². The number of anilines is 1. The third-order valence-electron chi connectivity index (χ3n) is 2.00. The Morgan fingerprint density at radius 1 is 1.60 bits per heavy atom. The Morgan fingerprint density at radius 2 is 2.33 bits per heavy atom. The summed E-state index contributed by atoms with van der Waals surface area (Å²) in [6.45, 7) is -0.275. The molecule has 0 fully saturated rings. The molecule has 0 aliphatic rings. The molecule has 0 saturated heterocycles. The standard InChI is InChI=1S/C8H7BrN4O2/c9-5-1-3-4(2-14)12-13-8(15)6(3)7(10)11-5/h1,14H,2H2,(H2,10,11)(H,13,15). The van der Waals surface area contributed by atoms with E-state index in [0.717, 1.165) is 0 Å². The number of aliphatic hydroxyl groups excluding tert-OH is 1. The van der Waals surface area contributed by atoms with Gasteiger partial charge in [0, 0.05) is 5.39 Å². The van der Waals surface area contributed by atoms with E-state index in [1.807, 2.05) is 0 Å². The van der Waals surface area contributed by atoms with Gasteiger partial charge in [-0.3, -0.25) is 4.79 Å². The highest BCUT2D eigenvalue weighted by molar-refractivity contribution is 9.10. The lowest BCUT2D eigenvalue weighted by Gasteiger charge is -2.04. The van der Waals surface area contributed by atoms with Crippen LogP contribution in [0.3, 0.4) is 0 Å². The number of H-pyrrole nitrogens is 1. The summed E-state index contributed by atoms with van der Waals surface area (Å²) in [5.41, 5.74) is 5.55. The second-order valence-electron chi connectivity index (χ2n) is 2.91. The van der Waals surface area contributed by atoms with E-state index in [-0.39, 0.29) is 17.8 Å². The van der Waals surface area contributed by atoms with Crippen LogP contribution in [0.15, 0.2) is 15.5 Å². The molecule has 0 bridgehead atoms. The molecule has 7 heteroatoms. The molecule has 4 N–H and O–H groups in total. The number of hydrogen-bond acceptors (Lipinski definition) is 5. The van der Waals surface area contributed by atoms with Crippen molar-refractivity contribution in [1.82, 2.24) is 15.2 Å². The van der Waals surface area contributed by atoms with E-state index < -0.39 is 5.56 Å². The molecule has 0 aliphatic heterocycles. The molecule has 0 unspecified atom stereocenters. The Hall–Kier alpha value is -1.47. The van der Waals surface area contributed by atoms with Gasteiger partial charge in [0.1, 0.15) is 10.4 Å². The smallest absolute Gasteiger partial charge is 0.275 e. The van der Waals surface area contributed by atoms with Crippen LogP contribution >= 0.6 is 15.9 Å².